The van der Waals surface area contributed by atoms with Crippen LogP contribution in [0.5, 0.6) is 11.6 Å². The Morgan fingerprint density at radius 1 is 1.19 bits per heavy atom. The highest BCUT2D eigenvalue weighted by Crippen LogP contribution is 2.30. The molecule has 0 amide bonds. The summed E-state index contributed by atoms with van der Waals surface area (Å²) in [6.07, 6.45) is 5.47. The van der Waals surface area contributed by atoms with Gasteiger partial charge in [0, 0.05) is 37.9 Å². The topological polar surface area (TPSA) is 71.0 Å². The normalized spacial score (nSPS) is 18.1. The summed E-state index contributed by atoms with van der Waals surface area (Å²) in [4.78, 5) is 11.5. The van der Waals surface area contributed by atoms with E-state index in [2.05, 4.69) is 39.6 Å². The van der Waals surface area contributed by atoms with Crippen molar-refractivity contribution in [2.45, 2.75) is 38.8 Å². The van der Waals surface area contributed by atoms with E-state index >= 15 is 0 Å². The zero-order valence-electron chi connectivity index (χ0n) is 18.9. The van der Waals surface area contributed by atoms with Gasteiger partial charge in [-0.05, 0) is 49.8 Å². The quantitative estimate of drug-likeness (QED) is 0.281. The third-order valence-electron chi connectivity index (χ3n) is 5.68. The molecule has 32 heavy (non-hydrogen) atoms. The van der Waals surface area contributed by atoms with Gasteiger partial charge in [-0.3, -0.25) is 0 Å². The molecule has 1 aliphatic heterocycles. The minimum atomic E-state index is 0. The van der Waals surface area contributed by atoms with E-state index in [4.69, 9.17) is 14.5 Å². The largest absolute Gasteiger partial charge is 0.495 e. The van der Waals surface area contributed by atoms with Crippen LogP contribution in [-0.2, 0) is 6.54 Å². The third kappa shape index (κ3) is 6.88. The SMILES string of the molecule is CCNC(=NCc1ccc(OCC2CC2)nc1)NC1CCN(c2ccccc2OC)C1.I. The fraction of sp³-hybridized carbons (Fsp3) is 0.500. The van der Waals surface area contributed by atoms with Crippen molar-refractivity contribution in [2.75, 3.05) is 38.3 Å². The molecule has 4 rings (SSSR count). The molecule has 7 nitrogen and oxygen atoms in total. The van der Waals surface area contributed by atoms with E-state index in [1.807, 2.05) is 30.5 Å². The fourth-order valence-electron chi connectivity index (χ4n) is 3.75. The standard InChI is InChI=1S/C24H33N5O2.HI/c1-3-25-24(27-15-19-10-11-23(26-14-19)31-17-18-8-9-18)28-20-12-13-29(16-20)21-6-4-5-7-22(21)30-2;/h4-7,10-11,14,18,20H,3,8-9,12-13,15-17H2,1-2H3,(H2,25,27,28);1H. The minimum Gasteiger partial charge on any atom is -0.495 e. The molecule has 174 valence electrons. The Kier molecular flexibility index (Phi) is 9.25. The van der Waals surface area contributed by atoms with E-state index in [9.17, 15) is 0 Å². The van der Waals surface area contributed by atoms with E-state index in [0.717, 1.165) is 61.5 Å². The van der Waals surface area contributed by atoms with Gasteiger partial charge in [-0.1, -0.05) is 18.2 Å². The van der Waals surface area contributed by atoms with Crippen molar-refractivity contribution in [3.63, 3.8) is 0 Å². The number of nitrogens with one attached hydrogen (secondary N) is 2. The number of methoxy groups -OCH3 is 1. The number of aliphatic imine (C=N–C) groups is 1. The number of hydrogen-bond acceptors (Lipinski definition) is 5. The number of pyridine rings is 1. The summed E-state index contributed by atoms with van der Waals surface area (Å²) in [5, 5.41) is 6.95. The van der Waals surface area contributed by atoms with Crippen LogP contribution in [0.4, 0.5) is 5.69 Å². The maximum atomic E-state index is 5.72. The van der Waals surface area contributed by atoms with E-state index in [0.29, 0.717) is 18.5 Å². The van der Waals surface area contributed by atoms with Crippen molar-refractivity contribution in [3.05, 3.63) is 48.2 Å². The monoisotopic (exact) mass is 551 g/mol. The first kappa shape index (κ1) is 24.4. The highest BCUT2D eigenvalue weighted by molar-refractivity contribution is 14.0. The summed E-state index contributed by atoms with van der Waals surface area (Å²) in [5.74, 6) is 3.19. The molecular formula is C24H34IN5O2. The lowest BCUT2D eigenvalue weighted by atomic mass is 10.2. The molecule has 0 spiro atoms. The van der Waals surface area contributed by atoms with Crippen LogP contribution in [-0.4, -0.2) is 50.3 Å². The predicted molar refractivity (Wildman–Crippen MR) is 139 cm³/mol. The van der Waals surface area contributed by atoms with Crippen molar-refractivity contribution in [1.29, 1.82) is 0 Å². The van der Waals surface area contributed by atoms with E-state index in [1.165, 1.54) is 12.8 Å². The van der Waals surface area contributed by atoms with Gasteiger partial charge >= 0.3 is 0 Å². The number of halogens is 1. The van der Waals surface area contributed by atoms with Gasteiger partial charge in [0.15, 0.2) is 5.96 Å². The molecule has 2 heterocycles. The number of nitrogens with zero attached hydrogens (tertiary/aromatic N) is 3. The van der Waals surface area contributed by atoms with Gasteiger partial charge in [0.05, 0.1) is 25.9 Å². The fourth-order valence-corrected chi connectivity index (χ4v) is 3.75. The maximum Gasteiger partial charge on any atom is 0.213 e. The van der Waals surface area contributed by atoms with E-state index < -0.39 is 0 Å². The second kappa shape index (κ2) is 12.1. The first-order chi connectivity index (χ1) is 15.2. The van der Waals surface area contributed by atoms with Gasteiger partial charge in [0.1, 0.15) is 5.75 Å². The number of benzene rings is 1. The molecule has 2 fully saturated rings. The molecule has 2 aromatic rings. The summed E-state index contributed by atoms with van der Waals surface area (Å²) in [6, 6.07) is 12.5. The Morgan fingerprint density at radius 3 is 2.75 bits per heavy atom. The molecule has 1 atom stereocenters. The van der Waals surface area contributed by atoms with Crippen LogP contribution in [0.3, 0.4) is 0 Å². The van der Waals surface area contributed by atoms with Crippen LogP contribution in [0.2, 0.25) is 0 Å². The number of para-hydroxylation sites is 2. The van der Waals surface area contributed by atoms with Gasteiger partial charge in [-0.2, -0.15) is 0 Å². The zero-order chi connectivity index (χ0) is 21.5. The average Bonchev–Trinajstić information content (AvgIpc) is 3.53. The smallest absolute Gasteiger partial charge is 0.213 e. The highest BCUT2D eigenvalue weighted by Gasteiger charge is 2.25. The molecule has 1 unspecified atom stereocenters. The molecule has 0 radical (unpaired) electrons. The van der Waals surface area contributed by atoms with Crippen LogP contribution < -0.4 is 25.0 Å². The van der Waals surface area contributed by atoms with Gasteiger partial charge in [0.25, 0.3) is 0 Å². The van der Waals surface area contributed by atoms with Crippen LogP contribution in [0.25, 0.3) is 0 Å². The number of rotatable bonds is 9. The van der Waals surface area contributed by atoms with Crippen LogP contribution in [0.1, 0.15) is 31.7 Å². The number of aromatic nitrogens is 1. The van der Waals surface area contributed by atoms with E-state index in [-0.39, 0.29) is 24.0 Å². The van der Waals surface area contributed by atoms with Crippen LogP contribution >= 0.6 is 24.0 Å². The molecular weight excluding hydrogens is 517 g/mol. The Morgan fingerprint density at radius 2 is 2.03 bits per heavy atom. The second-order valence-electron chi connectivity index (χ2n) is 8.20. The molecule has 1 aromatic heterocycles. The Balaban J connectivity index is 0.00000289. The van der Waals surface area contributed by atoms with Crippen molar-refractivity contribution in [1.82, 2.24) is 15.6 Å². The van der Waals surface area contributed by atoms with Gasteiger partial charge < -0.3 is 25.0 Å². The summed E-state index contributed by atoms with van der Waals surface area (Å²) in [7, 11) is 1.72. The molecule has 0 bridgehead atoms. The number of hydrogen-bond donors (Lipinski definition) is 2. The molecule has 1 aliphatic carbocycles. The summed E-state index contributed by atoms with van der Waals surface area (Å²) in [5.41, 5.74) is 2.21. The minimum absolute atomic E-state index is 0. The van der Waals surface area contributed by atoms with Crippen molar-refractivity contribution in [3.8, 4) is 11.6 Å². The first-order valence-corrected chi connectivity index (χ1v) is 11.3. The number of anilines is 1. The van der Waals surface area contributed by atoms with Crippen molar-refractivity contribution in [2.24, 2.45) is 10.9 Å². The summed E-state index contributed by atoms with van der Waals surface area (Å²) >= 11 is 0. The second-order valence-corrected chi connectivity index (χ2v) is 8.20. The van der Waals surface area contributed by atoms with Crippen molar-refractivity contribution < 1.29 is 9.47 Å². The summed E-state index contributed by atoms with van der Waals surface area (Å²) < 4.78 is 11.2. The molecule has 2 aliphatic rings. The lowest BCUT2D eigenvalue weighted by Crippen LogP contribution is -2.44. The van der Waals surface area contributed by atoms with Crippen LogP contribution in [0, 0.1) is 5.92 Å². The Hall–Kier alpha value is -2.23. The summed E-state index contributed by atoms with van der Waals surface area (Å²) in [6.45, 7) is 6.17. The molecule has 1 aromatic carbocycles. The highest BCUT2D eigenvalue weighted by atomic mass is 127. The Labute approximate surface area is 208 Å². The van der Waals surface area contributed by atoms with Crippen molar-refractivity contribution >= 4 is 35.6 Å². The Bertz CT molecular complexity index is 873. The zero-order valence-corrected chi connectivity index (χ0v) is 21.2. The number of ether oxygens (including phenoxy) is 2. The number of guanidine groups is 1. The molecule has 1 saturated carbocycles. The third-order valence-corrected chi connectivity index (χ3v) is 5.68. The first-order valence-electron chi connectivity index (χ1n) is 11.3. The maximum absolute atomic E-state index is 5.72. The predicted octanol–water partition coefficient (Wildman–Crippen LogP) is 3.83. The van der Waals surface area contributed by atoms with Gasteiger partial charge in [-0.25, -0.2) is 9.98 Å². The molecule has 8 heteroatoms. The van der Waals surface area contributed by atoms with Gasteiger partial charge in [-0.15, -0.1) is 24.0 Å². The lowest BCUT2D eigenvalue weighted by molar-refractivity contribution is 0.288. The molecule has 2 N–H and O–H groups in total. The van der Waals surface area contributed by atoms with Gasteiger partial charge in [0.2, 0.25) is 5.88 Å². The van der Waals surface area contributed by atoms with Crippen LogP contribution in [0.15, 0.2) is 47.6 Å². The average molecular weight is 551 g/mol. The van der Waals surface area contributed by atoms with E-state index in [1.54, 1.807) is 7.11 Å². The lowest BCUT2D eigenvalue weighted by Gasteiger charge is -2.22. The molecule has 1 saturated heterocycles.